The molecule has 1 aliphatic heterocycles. The number of aromatic nitrogens is 2. The molecule has 0 spiro atoms. The molecule has 0 unspecified atom stereocenters. The fourth-order valence-corrected chi connectivity index (χ4v) is 4.27. The Morgan fingerprint density at radius 1 is 0.966 bits per heavy atom. The first kappa shape index (κ1) is 19.8. The summed E-state index contributed by atoms with van der Waals surface area (Å²) >= 11 is 1.39. The zero-order chi connectivity index (χ0) is 20.1. The highest BCUT2D eigenvalue weighted by atomic mass is 32.2. The molecule has 1 aromatic heterocycles. The Morgan fingerprint density at radius 3 is 2.45 bits per heavy atom. The molecule has 0 saturated carbocycles. The smallest absolute Gasteiger partial charge is 0.233 e. The van der Waals surface area contributed by atoms with Crippen LogP contribution in [-0.2, 0) is 4.79 Å². The second-order valence-corrected chi connectivity index (χ2v) is 7.92. The van der Waals surface area contributed by atoms with Crippen LogP contribution in [0.15, 0.2) is 59.8 Å². The van der Waals surface area contributed by atoms with Gasteiger partial charge in [0.25, 0.3) is 0 Å². The van der Waals surface area contributed by atoms with Gasteiger partial charge in [-0.25, -0.2) is 9.97 Å². The lowest BCUT2D eigenvalue weighted by molar-refractivity contribution is -0.130. The second-order valence-electron chi connectivity index (χ2n) is 6.97. The number of fused-ring (bicyclic) bond motifs is 1. The van der Waals surface area contributed by atoms with Crippen LogP contribution < -0.4 is 0 Å². The number of hydrogen-bond donors (Lipinski definition) is 1. The molecule has 0 bridgehead atoms. The number of carbonyl (C=O) groups excluding carboxylic acids is 1. The standard InChI is InChI=1S/C22H24N4O2S/c27-15-14-25-10-12-26(13-11-25)20(28)16-29-22-23-19-9-5-4-8-18(19)21(24-22)17-6-2-1-3-7-17/h1-9,27H,10-16H2. The van der Waals surface area contributed by atoms with Crippen LogP contribution in [0, 0.1) is 0 Å². The third-order valence-corrected chi connectivity index (χ3v) is 5.93. The van der Waals surface area contributed by atoms with Gasteiger partial charge < -0.3 is 10.0 Å². The number of rotatable bonds is 6. The van der Waals surface area contributed by atoms with Crippen molar-refractivity contribution in [3.8, 4) is 11.3 Å². The molecule has 1 fully saturated rings. The zero-order valence-corrected chi connectivity index (χ0v) is 17.0. The molecule has 1 saturated heterocycles. The Morgan fingerprint density at radius 2 is 1.69 bits per heavy atom. The minimum Gasteiger partial charge on any atom is -0.395 e. The van der Waals surface area contributed by atoms with Crippen LogP contribution >= 0.6 is 11.8 Å². The fraction of sp³-hybridized carbons (Fsp3) is 0.318. The van der Waals surface area contributed by atoms with Crippen molar-refractivity contribution >= 4 is 28.6 Å². The second kappa shape index (κ2) is 9.35. The van der Waals surface area contributed by atoms with Crippen molar-refractivity contribution in [2.24, 2.45) is 0 Å². The number of piperazine rings is 1. The van der Waals surface area contributed by atoms with Gasteiger partial charge in [0.2, 0.25) is 5.91 Å². The molecule has 6 nitrogen and oxygen atoms in total. The Hall–Kier alpha value is -2.48. The number of aliphatic hydroxyl groups excluding tert-OH is 1. The SMILES string of the molecule is O=C(CSc1nc(-c2ccccc2)c2ccccc2n1)N1CCN(CCO)CC1. The highest BCUT2D eigenvalue weighted by Crippen LogP contribution is 2.28. The van der Waals surface area contributed by atoms with E-state index in [9.17, 15) is 4.79 Å². The summed E-state index contributed by atoms with van der Waals surface area (Å²) in [6.07, 6.45) is 0. The van der Waals surface area contributed by atoms with E-state index in [4.69, 9.17) is 10.1 Å². The summed E-state index contributed by atoms with van der Waals surface area (Å²) in [6.45, 7) is 3.85. The molecule has 1 aliphatic rings. The molecule has 0 radical (unpaired) electrons. The lowest BCUT2D eigenvalue weighted by Crippen LogP contribution is -2.49. The number of amides is 1. The lowest BCUT2D eigenvalue weighted by atomic mass is 10.1. The van der Waals surface area contributed by atoms with E-state index in [1.165, 1.54) is 11.8 Å². The Balaban J connectivity index is 1.48. The van der Waals surface area contributed by atoms with Gasteiger partial charge >= 0.3 is 0 Å². The van der Waals surface area contributed by atoms with Crippen molar-refractivity contribution in [3.05, 3.63) is 54.6 Å². The van der Waals surface area contributed by atoms with Crippen molar-refractivity contribution in [1.82, 2.24) is 19.8 Å². The van der Waals surface area contributed by atoms with E-state index in [0.717, 1.165) is 35.2 Å². The van der Waals surface area contributed by atoms with Crippen molar-refractivity contribution in [2.45, 2.75) is 5.16 Å². The number of β-amino-alcohol motifs (C(OH)–C–C–N with tert-alkyl or cyclic N) is 1. The van der Waals surface area contributed by atoms with E-state index in [2.05, 4.69) is 9.88 Å². The summed E-state index contributed by atoms with van der Waals surface area (Å²) in [5, 5.41) is 10.7. The summed E-state index contributed by atoms with van der Waals surface area (Å²) < 4.78 is 0. The van der Waals surface area contributed by atoms with E-state index in [1.807, 2.05) is 59.5 Å². The minimum atomic E-state index is 0.108. The van der Waals surface area contributed by atoms with Gasteiger partial charge in [0, 0.05) is 43.7 Å². The van der Waals surface area contributed by atoms with Crippen molar-refractivity contribution in [1.29, 1.82) is 0 Å². The van der Waals surface area contributed by atoms with E-state index in [0.29, 0.717) is 30.5 Å². The molecule has 0 atom stereocenters. The summed E-state index contributed by atoms with van der Waals surface area (Å²) in [5.74, 6) is 0.434. The van der Waals surface area contributed by atoms with Crippen molar-refractivity contribution in [3.63, 3.8) is 0 Å². The monoisotopic (exact) mass is 408 g/mol. The summed E-state index contributed by atoms with van der Waals surface area (Å²) in [4.78, 5) is 26.1. The Kier molecular flexibility index (Phi) is 6.39. The number of thioether (sulfide) groups is 1. The van der Waals surface area contributed by atoms with E-state index in [-0.39, 0.29) is 12.5 Å². The highest BCUT2D eigenvalue weighted by Gasteiger charge is 2.21. The van der Waals surface area contributed by atoms with Crippen LogP contribution in [0.2, 0.25) is 0 Å². The van der Waals surface area contributed by atoms with Gasteiger partial charge in [-0.05, 0) is 6.07 Å². The maximum absolute atomic E-state index is 12.6. The van der Waals surface area contributed by atoms with E-state index < -0.39 is 0 Å². The van der Waals surface area contributed by atoms with Crippen LogP contribution in [0.1, 0.15) is 0 Å². The number of aliphatic hydroxyl groups is 1. The first-order valence-electron chi connectivity index (χ1n) is 9.80. The first-order valence-corrected chi connectivity index (χ1v) is 10.8. The predicted octanol–water partition coefficient (Wildman–Crippen LogP) is 2.53. The van der Waals surface area contributed by atoms with E-state index >= 15 is 0 Å². The fourth-order valence-electron chi connectivity index (χ4n) is 3.52. The van der Waals surface area contributed by atoms with Crippen LogP contribution in [0.5, 0.6) is 0 Å². The van der Waals surface area contributed by atoms with Crippen LogP contribution in [-0.4, -0.2) is 75.9 Å². The number of carbonyl (C=O) groups is 1. The molecule has 2 aromatic carbocycles. The van der Waals surface area contributed by atoms with Gasteiger partial charge in [-0.1, -0.05) is 60.3 Å². The van der Waals surface area contributed by atoms with Crippen molar-refractivity contribution < 1.29 is 9.90 Å². The Bertz CT molecular complexity index is 975. The average Bonchev–Trinajstić information content (AvgIpc) is 2.78. The maximum atomic E-state index is 12.6. The maximum Gasteiger partial charge on any atom is 0.233 e. The molecule has 150 valence electrons. The number of hydrogen-bond acceptors (Lipinski definition) is 6. The quantitative estimate of drug-likeness (QED) is 0.499. The lowest BCUT2D eigenvalue weighted by Gasteiger charge is -2.34. The van der Waals surface area contributed by atoms with Crippen LogP contribution in [0.4, 0.5) is 0 Å². The van der Waals surface area contributed by atoms with Gasteiger partial charge in [0.15, 0.2) is 5.16 Å². The zero-order valence-electron chi connectivity index (χ0n) is 16.2. The van der Waals surface area contributed by atoms with Gasteiger partial charge in [0.1, 0.15) is 0 Å². The van der Waals surface area contributed by atoms with Crippen LogP contribution in [0.3, 0.4) is 0 Å². The molecule has 7 heteroatoms. The third kappa shape index (κ3) is 4.75. The number of para-hydroxylation sites is 1. The highest BCUT2D eigenvalue weighted by molar-refractivity contribution is 7.99. The molecule has 3 aromatic rings. The molecule has 1 N–H and O–H groups in total. The molecule has 4 rings (SSSR count). The molecular formula is C22H24N4O2S. The normalized spacial score (nSPS) is 15.0. The Labute approximate surface area is 174 Å². The molecule has 2 heterocycles. The van der Waals surface area contributed by atoms with Gasteiger partial charge in [-0.2, -0.15) is 0 Å². The summed E-state index contributed by atoms with van der Waals surface area (Å²) in [5.41, 5.74) is 2.82. The number of nitrogens with zero attached hydrogens (tertiary/aromatic N) is 4. The van der Waals surface area contributed by atoms with E-state index in [1.54, 1.807) is 0 Å². The summed E-state index contributed by atoms with van der Waals surface area (Å²) in [7, 11) is 0. The molecule has 29 heavy (non-hydrogen) atoms. The molecule has 0 aliphatic carbocycles. The third-order valence-electron chi connectivity index (χ3n) is 5.10. The van der Waals surface area contributed by atoms with Gasteiger partial charge in [-0.15, -0.1) is 0 Å². The van der Waals surface area contributed by atoms with Gasteiger partial charge in [0.05, 0.1) is 23.6 Å². The van der Waals surface area contributed by atoms with Gasteiger partial charge in [-0.3, -0.25) is 9.69 Å². The topological polar surface area (TPSA) is 69.6 Å². The minimum absolute atomic E-state index is 0.108. The summed E-state index contributed by atoms with van der Waals surface area (Å²) in [6, 6.07) is 18.0. The predicted molar refractivity (Wildman–Crippen MR) is 116 cm³/mol. The largest absolute Gasteiger partial charge is 0.395 e. The molecular weight excluding hydrogens is 384 g/mol. The first-order chi connectivity index (χ1) is 14.2. The van der Waals surface area contributed by atoms with Crippen molar-refractivity contribution in [2.75, 3.05) is 45.1 Å². The number of benzene rings is 2. The average molecular weight is 409 g/mol. The molecule has 1 amide bonds. The van der Waals surface area contributed by atoms with Crippen LogP contribution in [0.25, 0.3) is 22.2 Å².